The van der Waals surface area contributed by atoms with Crippen LogP contribution in [0.4, 0.5) is 11.4 Å². The molecular weight excluding hydrogens is 350 g/mol. The molecule has 0 unspecified atom stereocenters. The van der Waals surface area contributed by atoms with E-state index in [-0.39, 0.29) is 18.4 Å². The summed E-state index contributed by atoms with van der Waals surface area (Å²) in [5.74, 6) is -0.224. The van der Waals surface area contributed by atoms with Gasteiger partial charge in [-0.25, -0.2) is 0 Å². The second kappa shape index (κ2) is 9.36. The quantitative estimate of drug-likeness (QED) is 0.805. The third-order valence-electron chi connectivity index (χ3n) is 4.19. The fourth-order valence-corrected chi connectivity index (χ4v) is 2.71. The number of carbonyl (C=O) groups excluding carboxylic acids is 2. The molecule has 1 atom stereocenters. The molecule has 2 aromatic carbocycles. The Bertz CT molecular complexity index is 734. The molecule has 0 aliphatic rings. The van der Waals surface area contributed by atoms with Gasteiger partial charge in [0.2, 0.25) is 11.8 Å². The lowest BCUT2D eigenvalue weighted by Crippen LogP contribution is -2.48. The summed E-state index contributed by atoms with van der Waals surface area (Å²) in [5, 5.41) is 3.42. The molecule has 0 saturated carbocycles. The van der Waals surface area contributed by atoms with E-state index in [2.05, 4.69) is 5.32 Å². The van der Waals surface area contributed by atoms with Crippen LogP contribution in [-0.2, 0) is 9.59 Å². The van der Waals surface area contributed by atoms with Gasteiger partial charge in [0, 0.05) is 22.9 Å². The maximum atomic E-state index is 12.8. The first-order valence-electron chi connectivity index (χ1n) is 8.54. The van der Waals surface area contributed by atoms with Crippen molar-refractivity contribution in [1.82, 2.24) is 4.90 Å². The summed E-state index contributed by atoms with van der Waals surface area (Å²) < 4.78 is 0. The van der Waals surface area contributed by atoms with E-state index in [0.717, 1.165) is 5.69 Å². The number of hydrogen-bond donors (Lipinski definition) is 1. The van der Waals surface area contributed by atoms with Gasteiger partial charge in [-0.15, -0.1) is 0 Å². The molecule has 2 amide bonds. The van der Waals surface area contributed by atoms with E-state index in [1.54, 1.807) is 41.1 Å². The number of para-hydroxylation sites is 1. The molecule has 5 nitrogen and oxygen atoms in total. The second-order valence-electron chi connectivity index (χ2n) is 6.06. The van der Waals surface area contributed by atoms with E-state index < -0.39 is 6.04 Å². The first-order valence-corrected chi connectivity index (χ1v) is 8.92. The largest absolute Gasteiger partial charge is 0.325 e. The fourth-order valence-electron chi connectivity index (χ4n) is 2.58. The van der Waals surface area contributed by atoms with Gasteiger partial charge in [-0.3, -0.25) is 14.5 Å². The number of benzene rings is 2. The van der Waals surface area contributed by atoms with Crippen LogP contribution >= 0.6 is 11.6 Å². The Balaban J connectivity index is 1.96. The molecule has 0 aliphatic carbocycles. The van der Waals surface area contributed by atoms with Crippen molar-refractivity contribution in [1.29, 1.82) is 0 Å². The summed E-state index contributed by atoms with van der Waals surface area (Å²) in [6.45, 7) is 4.42. The van der Waals surface area contributed by atoms with Crippen LogP contribution in [0.25, 0.3) is 0 Å². The molecule has 2 rings (SSSR count). The summed E-state index contributed by atoms with van der Waals surface area (Å²) in [4.78, 5) is 28.5. The Hall–Kier alpha value is -2.37. The van der Waals surface area contributed by atoms with Crippen LogP contribution in [0.3, 0.4) is 0 Å². The molecule has 26 heavy (non-hydrogen) atoms. The number of anilines is 2. The summed E-state index contributed by atoms with van der Waals surface area (Å²) in [6.07, 6.45) is 0. The van der Waals surface area contributed by atoms with Gasteiger partial charge in [-0.2, -0.15) is 0 Å². The lowest BCUT2D eigenvalue weighted by molar-refractivity contribution is -0.124. The minimum atomic E-state index is -0.425. The van der Waals surface area contributed by atoms with Gasteiger partial charge in [0.15, 0.2) is 0 Å². The zero-order valence-electron chi connectivity index (χ0n) is 15.3. The molecule has 0 radical (unpaired) electrons. The zero-order chi connectivity index (χ0) is 19.1. The second-order valence-corrected chi connectivity index (χ2v) is 6.50. The number of carbonyl (C=O) groups is 2. The molecule has 0 aliphatic heterocycles. The van der Waals surface area contributed by atoms with Crippen LogP contribution < -0.4 is 10.2 Å². The molecule has 138 valence electrons. The highest BCUT2D eigenvalue weighted by Gasteiger charge is 2.25. The Kier molecular flexibility index (Phi) is 7.18. The number of halogens is 1. The lowest BCUT2D eigenvalue weighted by atomic mass is 10.2. The number of rotatable bonds is 7. The standard InChI is InChI=1S/C20H24ClN3O2/c1-4-24(18-8-6-5-7-9-18)20(26)15(2)23(3)14-19(25)22-17-12-10-16(21)11-13-17/h5-13,15H,4,14H2,1-3H3,(H,22,25)/t15-/m1/s1. The molecule has 0 fully saturated rings. The Morgan fingerprint density at radius 3 is 2.27 bits per heavy atom. The minimum Gasteiger partial charge on any atom is -0.325 e. The van der Waals surface area contributed by atoms with E-state index in [4.69, 9.17) is 11.6 Å². The maximum Gasteiger partial charge on any atom is 0.244 e. The number of likely N-dealkylation sites (N-methyl/N-ethyl adjacent to an activating group) is 2. The van der Waals surface area contributed by atoms with E-state index >= 15 is 0 Å². The molecule has 0 saturated heterocycles. The SMILES string of the molecule is CCN(C(=O)[C@@H](C)N(C)CC(=O)Nc1ccc(Cl)cc1)c1ccccc1. The number of nitrogens with zero attached hydrogens (tertiary/aromatic N) is 2. The highest BCUT2D eigenvalue weighted by atomic mass is 35.5. The topological polar surface area (TPSA) is 52.7 Å². The monoisotopic (exact) mass is 373 g/mol. The van der Waals surface area contributed by atoms with E-state index in [1.165, 1.54) is 0 Å². The van der Waals surface area contributed by atoms with Crippen molar-refractivity contribution >= 4 is 34.8 Å². The van der Waals surface area contributed by atoms with Gasteiger partial charge in [0.1, 0.15) is 0 Å². The maximum absolute atomic E-state index is 12.8. The number of amides is 2. The predicted molar refractivity (Wildman–Crippen MR) is 107 cm³/mol. The first kappa shape index (κ1) is 19.9. The van der Waals surface area contributed by atoms with Crippen LogP contribution in [0, 0.1) is 0 Å². The van der Waals surface area contributed by atoms with Crippen molar-refractivity contribution < 1.29 is 9.59 Å². The minimum absolute atomic E-state index is 0.0412. The van der Waals surface area contributed by atoms with Crippen LogP contribution in [0.2, 0.25) is 5.02 Å². The highest BCUT2D eigenvalue weighted by Crippen LogP contribution is 2.16. The van der Waals surface area contributed by atoms with E-state index in [1.807, 2.05) is 44.2 Å². The molecule has 0 aromatic heterocycles. The van der Waals surface area contributed by atoms with Gasteiger partial charge in [-0.05, 0) is 57.3 Å². The fraction of sp³-hybridized carbons (Fsp3) is 0.300. The van der Waals surface area contributed by atoms with Crippen molar-refractivity contribution in [2.45, 2.75) is 19.9 Å². The average molecular weight is 374 g/mol. The first-order chi connectivity index (χ1) is 12.4. The van der Waals surface area contributed by atoms with Gasteiger partial charge < -0.3 is 10.2 Å². The summed E-state index contributed by atoms with van der Waals surface area (Å²) in [5.41, 5.74) is 1.53. The van der Waals surface area contributed by atoms with Gasteiger partial charge in [0.05, 0.1) is 12.6 Å². The molecule has 0 bridgehead atoms. The number of hydrogen-bond acceptors (Lipinski definition) is 3. The van der Waals surface area contributed by atoms with Crippen molar-refractivity contribution in [3.05, 3.63) is 59.6 Å². The zero-order valence-corrected chi connectivity index (χ0v) is 16.0. The number of nitrogens with one attached hydrogen (secondary N) is 1. The lowest BCUT2D eigenvalue weighted by Gasteiger charge is -2.29. The predicted octanol–water partition coefficient (Wildman–Crippen LogP) is 3.65. The Labute approximate surface area is 159 Å². The molecule has 2 aromatic rings. The van der Waals surface area contributed by atoms with Crippen LogP contribution in [0.5, 0.6) is 0 Å². The molecule has 6 heteroatoms. The van der Waals surface area contributed by atoms with E-state index in [0.29, 0.717) is 17.3 Å². The molecule has 1 N–H and O–H groups in total. The van der Waals surface area contributed by atoms with Crippen LogP contribution in [0.15, 0.2) is 54.6 Å². The van der Waals surface area contributed by atoms with Crippen molar-refractivity contribution in [3.8, 4) is 0 Å². The summed E-state index contributed by atoms with van der Waals surface area (Å²) in [7, 11) is 1.77. The van der Waals surface area contributed by atoms with Crippen LogP contribution in [-0.4, -0.2) is 42.9 Å². The molecule has 0 heterocycles. The van der Waals surface area contributed by atoms with Gasteiger partial charge >= 0.3 is 0 Å². The van der Waals surface area contributed by atoms with Gasteiger partial charge in [0.25, 0.3) is 0 Å². The molecule has 0 spiro atoms. The Morgan fingerprint density at radius 1 is 1.08 bits per heavy atom. The molecular formula is C20H24ClN3O2. The normalized spacial score (nSPS) is 11.9. The average Bonchev–Trinajstić information content (AvgIpc) is 2.64. The summed E-state index contributed by atoms with van der Waals surface area (Å²) in [6, 6.07) is 16.0. The van der Waals surface area contributed by atoms with Crippen molar-refractivity contribution in [3.63, 3.8) is 0 Å². The van der Waals surface area contributed by atoms with Crippen LogP contribution in [0.1, 0.15) is 13.8 Å². The van der Waals surface area contributed by atoms with Gasteiger partial charge in [-0.1, -0.05) is 29.8 Å². The van der Waals surface area contributed by atoms with E-state index in [9.17, 15) is 9.59 Å². The Morgan fingerprint density at radius 2 is 1.69 bits per heavy atom. The van der Waals surface area contributed by atoms with Crippen molar-refractivity contribution in [2.75, 3.05) is 30.4 Å². The van der Waals surface area contributed by atoms with Crippen molar-refractivity contribution in [2.24, 2.45) is 0 Å². The third-order valence-corrected chi connectivity index (χ3v) is 4.44. The highest BCUT2D eigenvalue weighted by molar-refractivity contribution is 6.30. The summed E-state index contributed by atoms with van der Waals surface area (Å²) >= 11 is 5.84. The third kappa shape index (κ3) is 5.31. The smallest absolute Gasteiger partial charge is 0.244 e.